The molecule has 1 aromatic heterocycles. The maximum Gasteiger partial charge on any atom is 0.296 e. The van der Waals surface area contributed by atoms with Crippen molar-refractivity contribution in [2.24, 2.45) is 5.92 Å². The number of hydrogen-bond acceptors (Lipinski definition) is 7. The predicted octanol–water partition coefficient (Wildman–Crippen LogP) is 1.17. The second kappa shape index (κ2) is 10.4. The Bertz CT molecular complexity index is 1350. The van der Waals surface area contributed by atoms with Crippen LogP contribution in [-0.4, -0.2) is 63.1 Å². The fourth-order valence-corrected chi connectivity index (χ4v) is 6.01. The molecule has 3 N–H and O–H groups in total. The lowest BCUT2D eigenvalue weighted by Crippen LogP contribution is -2.55. The molecule has 2 aromatic rings. The van der Waals surface area contributed by atoms with Gasteiger partial charge < -0.3 is 25.4 Å². The fraction of sp³-hybridized carbons (Fsp3) is 0.519. The molecule has 1 saturated carbocycles. The molecule has 4 aliphatic rings. The topological polar surface area (TPSA) is 143 Å². The van der Waals surface area contributed by atoms with Crippen molar-refractivity contribution < 1.29 is 28.6 Å². The number of aromatic hydroxyl groups is 1. The van der Waals surface area contributed by atoms with E-state index in [0.29, 0.717) is 37.9 Å². The highest BCUT2D eigenvalue weighted by Crippen LogP contribution is 2.43. The number of halogens is 1. The summed E-state index contributed by atoms with van der Waals surface area (Å²) in [5.74, 6) is -2.17. The number of benzene rings is 1. The van der Waals surface area contributed by atoms with Gasteiger partial charge in [-0.3, -0.25) is 23.7 Å². The minimum absolute atomic E-state index is 0.0336. The lowest BCUT2D eigenvalue weighted by molar-refractivity contribution is -0.138. The highest BCUT2D eigenvalue weighted by Gasteiger charge is 2.48. The molecule has 3 amide bonds. The van der Waals surface area contributed by atoms with Crippen molar-refractivity contribution >= 4 is 17.7 Å². The van der Waals surface area contributed by atoms with Gasteiger partial charge in [-0.2, -0.15) is 0 Å². The van der Waals surface area contributed by atoms with E-state index in [4.69, 9.17) is 4.74 Å². The number of aromatic nitrogens is 2. The highest BCUT2D eigenvalue weighted by atomic mass is 19.1. The number of rotatable bonds is 6. The van der Waals surface area contributed by atoms with E-state index in [1.165, 1.54) is 47.8 Å². The molecule has 0 spiro atoms. The normalized spacial score (nSPS) is 25.6. The molecule has 0 radical (unpaired) electrons. The first kappa shape index (κ1) is 26.8. The quantitative estimate of drug-likeness (QED) is 0.498. The van der Waals surface area contributed by atoms with E-state index in [1.54, 1.807) is 0 Å². The van der Waals surface area contributed by atoms with Gasteiger partial charge in [0.15, 0.2) is 5.69 Å². The molecule has 1 aromatic carbocycles. The number of amides is 3. The summed E-state index contributed by atoms with van der Waals surface area (Å²) in [6.45, 7) is 2.06. The Kier molecular flexibility index (Phi) is 7.15. The second-order valence-electron chi connectivity index (χ2n) is 10.7. The molecule has 39 heavy (non-hydrogen) atoms. The van der Waals surface area contributed by atoms with Gasteiger partial charge in [0.2, 0.25) is 17.6 Å². The number of ether oxygens (including phenoxy) is 1. The summed E-state index contributed by atoms with van der Waals surface area (Å²) in [6, 6.07) is 4.82. The van der Waals surface area contributed by atoms with Crippen LogP contribution in [0.2, 0.25) is 0 Å². The van der Waals surface area contributed by atoms with Crippen molar-refractivity contribution in [2.75, 3.05) is 13.7 Å². The van der Waals surface area contributed by atoms with Crippen molar-refractivity contribution in [2.45, 2.75) is 69.8 Å². The van der Waals surface area contributed by atoms with Gasteiger partial charge in [-0.25, -0.2) is 9.37 Å². The Morgan fingerprint density at radius 2 is 1.87 bits per heavy atom. The largest absolute Gasteiger partial charge is 0.501 e. The SMILES string of the molecule is CO[C@H]1CC(C(=O)NC23CCC(CC2)Cn2c3nc(C(=O)NCc3ccc(F)cc3)c(O)c2=O)N(C(C)=O)C1. The van der Waals surface area contributed by atoms with Crippen LogP contribution in [0.25, 0.3) is 0 Å². The number of hydrogen-bond donors (Lipinski definition) is 3. The molecule has 2 atom stereocenters. The summed E-state index contributed by atoms with van der Waals surface area (Å²) >= 11 is 0. The van der Waals surface area contributed by atoms with Crippen molar-refractivity contribution in [1.82, 2.24) is 25.1 Å². The van der Waals surface area contributed by atoms with Gasteiger partial charge in [0, 0.05) is 40.1 Å². The number of nitrogens with one attached hydrogen (secondary N) is 2. The standard InChI is InChI=1S/C27H32FN5O6/c1-15(34)32-14-19(39-2)11-20(32)23(36)31-27-9-7-17(8-10-27)13-33-25(38)22(35)21(30-26(27)33)24(37)29-12-16-3-5-18(28)6-4-16/h3-6,17,19-20,35H,7-14H2,1-2H3,(H,29,37)(H,31,36)/t17?,19-,20?,27?/m0/s1. The van der Waals surface area contributed by atoms with Gasteiger partial charge in [0.05, 0.1) is 11.6 Å². The van der Waals surface area contributed by atoms with Crippen molar-refractivity contribution in [3.05, 3.63) is 57.5 Å². The number of carbonyl (C=O) groups excluding carboxylic acids is 3. The Morgan fingerprint density at radius 3 is 2.51 bits per heavy atom. The number of carbonyl (C=O) groups is 3. The van der Waals surface area contributed by atoms with Crippen LogP contribution >= 0.6 is 0 Å². The van der Waals surface area contributed by atoms with Crippen LogP contribution < -0.4 is 16.2 Å². The summed E-state index contributed by atoms with van der Waals surface area (Å²) in [7, 11) is 1.54. The summed E-state index contributed by atoms with van der Waals surface area (Å²) in [4.78, 5) is 58.2. The van der Waals surface area contributed by atoms with Crippen LogP contribution in [0.4, 0.5) is 4.39 Å². The third kappa shape index (κ3) is 5.00. The van der Waals surface area contributed by atoms with E-state index in [2.05, 4.69) is 15.6 Å². The van der Waals surface area contributed by atoms with Crippen LogP contribution in [0.3, 0.4) is 0 Å². The summed E-state index contributed by atoms with van der Waals surface area (Å²) in [5, 5.41) is 16.4. The predicted molar refractivity (Wildman–Crippen MR) is 136 cm³/mol. The van der Waals surface area contributed by atoms with Gasteiger partial charge >= 0.3 is 0 Å². The average Bonchev–Trinajstić information content (AvgIpc) is 3.25. The summed E-state index contributed by atoms with van der Waals surface area (Å²) in [6.07, 6.45) is 2.51. The smallest absolute Gasteiger partial charge is 0.296 e. The molecule has 208 valence electrons. The van der Waals surface area contributed by atoms with E-state index < -0.39 is 40.3 Å². The lowest BCUT2D eigenvalue weighted by atomic mass is 9.77. The first-order valence-corrected chi connectivity index (χ1v) is 13.1. The number of methoxy groups -OCH3 is 1. The number of likely N-dealkylation sites (tertiary alicyclic amines) is 1. The van der Waals surface area contributed by atoms with Crippen LogP contribution in [0.5, 0.6) is 5.75 Å². The zero-order chi connectivity index (χ0) is 27.9. The van der Waals surface area contributed by atoms with Crippen LogP contribution in [0.15, 0.2) is 29.1 Å². The van der Waals surface area contributed by atoms with Crippen molar-refractivity contribution in [1.29, 1.82) is 0 Å². The highest BCUT2D eigenvalue weighted by molar-refractivity contribution is 5.94. The second-order valence-corrected chi connectivity index (χ2v) is 10.7. The monoisotopic (exact) mass is 541 g/mol. The third-order valence-electron chi connectivity index (χ3n) is 8.22. The number of fused-ring (bicyclic) bond motifs is 2. The lowest BCUT2D eigenvalue weighted by Gasteiger charge is -2.38. The molecule has 2 bridgehead atoms. The maximum absolute atomic E-state index is 13.6. The minimum Gasteiger partial charge on any atom is -0.501 e. The number of nitrogens with zero attached hydrogens (tertiary/aromatic N) is 3. The summed E-state index contributed by atoms with van der Waals surface area (Å²) < 4.78 is 20.0. The first-order valence-electron chi connectivity index (χ1n) is 13.1. The van der Waals surface area contributed by atoms with Gasteiger partial charge in [-0.05, 0) is 49.3 Å². The molecule has 12 heteroatoms. The van der Waals surface area contributed by atoms with Gasteiger partial charge in [0.1, 0.15) is 17.7 Å². The molecule has 1 aliphatic carbocycles. The van der Waals surface area contributed by atoms with Crippen molar-refractivity contribution in [3.63, 3.8) is 0 Å². The molecule has 1 saturated heterocycles. The first-order chi connectivity index (χ1) is 18.6. The zero-order valence-electron chi connectivity index (χ0n) is 21.9. The molecule has 1 unspecified atom stereocenters. The third-order valence-corrected chi connectivity index (χ3v) is 8.22. The van der Waals surface area contributed by atoms with Gasteiger partial charge in [-0.15, -0.1) is 0 Å². The van der Waals surface area contributed by atoms with Gasteiger partial charge in [-0.1, -0.05) is 12.1 Å². The molecule has 3 aliphatic heterocycles. The maximum atomic E-state index is 13.6. The average molecular weight is 542 g/mol. The molecule has 2 fully saturated rings. The van der Waals surface area contributed by atoms with Crippen LogP contribution in [0.1, 0.15) is 60.9 Å². The Balaban J connectivity index is 1.47. The van der Waals surface area contributed by atoms with Crippen LogP contribution in [0, 0.1) is 11.7 Å². The minimum atomic E-state index is -1.05. The molecule has 11 nitrogen and oxygen atoms in total. The van der Waals surface area contributed by atoms with Crippen LogP contribution in [-0.2, 0) is 33.0 Å². The molecule has 6 rings (SSSR count). The zero-order valence-corrected chi connectivity index (χ0v) is 21.9. The molecular formula is C27H32FN5O6. The van der Waals surface area contributed by atoms with E-state index in [0.717, 1.165) is 12.8 Å². The molecular weight excluding hydrogens is 509 g/mol. The fourth-order valence-electron chi connectivity index (χ4n) is 6.01. The molecule has 4 heterocycles. The summed E-state index contributed by atoms with van der Waals surface area (Å²) in [5.41, 5.74) is -1.60. The van der Waals surface area contributed by atoms with Gasteiger partial charge in [0.25, 0.3) is 11.5 Å². The Labute approximate surface area is 224 Å². The Morgan fingerprint density at radius 1 is 1.18 bits per heavy atom. The van der Waals surface area contributed by atoms with E-state index in [9.17, 15) is 28.7 Å². The Hall–Kier alpha value is -3.80. The van der Waals surface area contributed by atoms with Crippen molar-refractivity contribution in [3.8, 4) is 5.75 Å². The van der Waals surface area contributed by atoms with E-state index in [-0.39, 0.29) is 36.2 Å². The van der Waals surface area contributed by atoms with E-state index >= 15 is 0 Å². The van der Waals surface area contributed by atoms with E-state index in [1.807, 2.05) is 0 Å².